The molecule has 0 aromatic rings. The van der Waals surface area contributed by atoms with E-state index in [1.165, 1.54) is 32.1 Å². The molecule has 1 unspecified atom stereocenters. The minimum atomic E-state index is -0.376. The smallest absolute Gasteiger partial charge is 0.0897 e. The Morgan fingerprint density at radius 3 is 2.68 bits per heavy atom. The summed E-state index contributed by atoms with van der Waals surface area (Å²) in [6.45, 7) is 5.03. The van der Waals surface area contributed by atoms with E-state index in [0.717, 1.165) is 26.0 Å². The molecule has 0 spiro atoms. The molecule has 1 atom stereocenters. The monoisotopic (exact) mass is 289 g/mol. The van der Waals surface area contributed by atoms with Crippen molar-refractivity contribution in [2.75, 3.05) is 32.6 Å². The van der Waals surface area contributed by atoms with E-state index < -0.39 is 0 Å². The van der Waals surface area contributed by atoms with Gasteiger partial charge in [0.25, 0.3) is 0 Å². The average molecular weight is 289 g/mol. The van der Waals surface area contributed by atoms with Crippen LogP contribution in [0, 0.1) is 0 Å². The minimum Gasteiger partial charge on any atom is -0.389 e. The zero-order chi connectivity index (χ0) is 14.0. The summed E-state index contributed by atoms with van der Waals surface area (Å²) in [4.78, 5) is 0. The van der Waals surface area contributed by atoms with E-state index in [9.17, 15) is 5.11 Å². The van der Waals surface area contributed by atoms with Crippen LogP contribution in [0.25, 0.3) is 0 Å². The van der Waals surface area contributed by atoms with Crippen LogP contribution in [-0.2, 0) is 4.74 Å². The molecule has 0 saturated heterocycles. The number of nitrogens with one attached hydrogen (secondary N) is 1. The number of aliphatic hydroxyl groups excluding tert-OH is 1. The number of unbranched alkanes of at least 4 members (excludes halogenated alkanes) is 1. The zero-order valence-electron chi connectivity index (χ0n) is 12.6. The van der Waals surface area contributed by atoms with Gasteiger partial charge in [0.2, 0.25) is 0 Å². The lowest BCUT2D eigenvalue weighted by Gasteiger charge is -2.36. The Labute approximate surface area is 122 Å². The van der Waals surface area contributed by atoms with Gasteiger partial charge in [0.1, 0.15) is 0 Å². The normalized spacial score (nSPS) is 20.4. The Balaban J connectivity index is 2.10. The molecule has 0 heterocycles. The van der Waals surface area contributed by atoms with Crippen LogP contribution in [0.15, 0.2) is 0 Å². The summed E-state index contributed by atoms with van der Waals surface area (Å²) < 4.78 is 5.84. The highest BCUT2D eigenvalue weighted by Crippen LogP contribution is 2.37. The highest BCUT2D eigenvalue weighted by Gasteiger charge is 2.30. The number of hydrogen-bond acceptors (Lipinski definition) is 4. The molecule has 1 aliphatic rings. The van der Waals surface area contributed by atoms with Crippen LogP contribution in [0.2, 0.25) is 0 Å². The highest BCUT2D eigenvalue weighted by atomic mass is 32.2. The third kappa shape index (κ3) is 6.98. The van der Waals surface area contributed by atoms with Crippen molar-refractivity contribution in [3.8, 4) is 0 Å². The summed E-state index contributed by atoms with van der Waals surface area (Å²) in [5.41, 5.74) is 0. The molecule has 1 aliphatic carbocycles. The second-order valence-electron chi connectivity index (χ2n) is 5.66. The van der Waals surface area contributed by atoms with E-state index in [2.05, 4.69) is 18.5 Å². The molecule has 19 heavy (non-hydrogen) atoms. The lowest BCUT2D eigenvalue weighted by Crippen LogP contribution is -2.42. The predicted octanol–water partition coefficient (Wildman–Crippen LogP) is 2.82. The average Bonchev–Trinajstić information content (AvgIpc) is 2.45. The van der Waals surface area contributed by atoms with Crippen molar-refractivity contribution in [3.05, 3.63) is 0 Å². The number of ether oxygens (including phenoxy) is 1. The first-order valence-corrected chi connectivity index (χ1v) is 8.96. The zero-order valence-corrected chi connectivity index (χ0v) is 13.4. The predicted molar refractivity (Wildman–Crippen MR) is 83.9 cm³/mol. The third-order valence-electron chi connectivity index (χ3n) is 3.98. The van der Waals surface area contributed by atoms with Crippen LogP contribution in [-0.4, -0.2) is 48.5 Å². The van der Waals surface area contributed by atoms with Gasteiger partial charge in [0, 0.05) is 24.4 Å². The fourth-order valence-corrected chi connectivity index (χ4v) is 3.58. The van der Waals surface area contributed by atoms with Crippen molar-refractivity contribution >= 4 is 11.8 Å². The topological polar surface area (TPSA) is 41.5 Å². The maximum atomic E-state index is 9.84. The molecule has 114 valence electrons. The summed E-state index contributed by atoms with van der Waals surface area (Å²) in [7, 11) is 0. The van der Waals surface area contributed by atoms with Gasteiger partial charge in [0.05, 0.1) is 12.7 Å². The molecule has 0 bridgehead atoms. The summed E-state index contributed by atoms with van der Waals surface area (Å²) in [6, 6.07) is 0. The first-order valence-electron chi connectivity index (χ1n) is 7.74. The van der Waals surface area contributed by atoms with Gasteiger partial charge >= 0.3 is 0 Å². The molecule has 3 nitrogen and oxygen atoms in total. The van der Waals surface area contributed by atoms with Gasteiger partial charge in [-0.1, -0.05) is 32.6 Å². The van der Waals surface area contributed by atoms with Crippen molar-refractivity contribution in [1.82, 2.24) is 5.32 Å². The molecule has 0 radical (unpaired) electrons. The van der Waals surface area contributed by atoms with Crippen molar-refractivity contribution < 1.29 is 9.84 Å². The first kappa shape index (κ1) is 17.3. The van der Waals surface area contributed by atoms with E-state index in [1.54, 1.807) is 0 Å². The van der Waals surface area contributed by atoms with E-state index in [0.29, 0.717) is 17.9 Å². The van der Waals surface area contributed by atoms with Gasteiger partial charge in [-0.2, -0.15) is 11.8 Å². The second kappa shape index (κ2) is 10.0. The summed E-state index contributed by atoms with van der Waals surface area (Å²) >= 11 is 1.99. The van der Waals surface area contributed by atoms with E-state index in [4.69, 9.17) is 4.74 Å². The van der Waals surface area contributed by atoms with Crippen molar-refractivity contribution in [3.63, 3.8) is 0 Å². The second-order valence-corrected chi connectivity index (χ2v) is 6.94. The lowest BCUT2D eigenvalue weighted by atomic mass is 9.88. The molecular formula is C15H31NO2S. The Bertz CT molecular complexity index is 220. The molecule has 1 fully saturated rings. The summed E-state index contributed by atoms with van der Waals surface area (Å²) in [6.07, 6.45) is 10.8. The third-order valence-corrected chi connectivity index (χ3v) is 5.40. The van der Waals surface area contributed by atoms with Crippen molar-refractivity contribution in [1.29, 1.82) is 0 Å². The molecule has 1 saturated carbocycles. The largest absolute Gasteiger partial charge is 0.389 e. The van der Waals surface area contributed by atoms with Crippen LogP contribution in [0.3, 0.4) is 0 Å². The standard InChI is InChI=1S/C15H31NO2S/c1-3-4-10-18-12-14(17)11-16-13-15(19-2)8-6-5-7-9-15/h14,16-17H,3-13H2,1-2H3. The Morgan fingerprint density at radius 1 is 1.32 bits per heavy atom. The van der Waals surface area contributed by atoms with Crippen LogP contribution in [0.4, 0.5) is 0 Å². The van der Waals surface area contributed by atoms with Crippen LogP contribution >= 0.6 is 11.8 Å². The molecule has 4 heteroatoms. The molecule has 0 aliphatic heterocycles. The molecule has 0 aromatic heterocycles. The minimum absolute atomic E-state index is 0.376. The fraction of sp³-hybridized carbons (Fsp3) is 1.00. The van der Waals surface area contributed by atoms with Crippen molar-refractivity contribution in [2.45, 2.75) is 62.7 Å². The maximum absolute atomic E-state index is 9.84. The highest BCUT2D eigenvalue weighted by molar-refractivity contribution is 8.00. The fourth-order valence-electron chi connectivity index (χ4n) is 2.64. The molecule has 0 aromatic carbocycles. The van der Waals surface area contributed by atoms with Gasteiger partial charge < -0.3 is 15.2 Å². The number of thioether (sulfide) groups is 1. The van der Waals surface area contributed by atoms with E-state index in [1.807, 2.05) is 11.8 Å². The van der Waals surface area contributed by atoms with Gasteiger partial charge in [-0.3, -0.25) is 0 Å². The summed E-state index contributed by atoms with van der Waals surface area (Å²) in [5, 5.41) is 13.3. The van der Waals surface area contributed by atoms with E-state index >= 15 is 0 Å². The number of hydrogen-bond donors (Lipinski definition) is 2. The lowest BCUT2D eigenvalue weighted by molar-refractivity contribution is 0.0356. The molecule has 2 N–H and O–H groups in total. The van der Waals surface area contributed by atoms with Gasteiger partial charge in [0.15, 0.2) is 0 Å². The van der Waals surface area contributed by atoms with Gasteiger partial charge in [-0.25, -0.2) is 0 Å². The van der Waals surface area contributed by atoms with Crippen LogP contribution < -0.4 is 5.32 Å². The quantitative estimate of drug-likeness (QED) is 0.607. The molecule has 0 amide bonds. The van der Waals surface area contributed by atoms with Crippen LogP contribution in [0.5, 0.6) is 0 Å². The number of aliphatic hydroxyl groups is 1. The summed E-state index contributed by atoms with van der Waals surface area (Å²) in [5.74, 6) is 0. The maximum Gasteiger partial charge on any atom is 0.0897 e. The van der Waals surface area contributed by atoms with Gasteiger partial charge in [-0.15, -0.1) is 0 Å². The Hall–Kier alpha value is 0.230. The number of rotatable bonds is 10. The van der Waals surface area contributed by atoms with Crippen LogP contribution in [0.1, 0.15) is 51.9 Å². The molecule has 1 rings (SSSR count). The van der Waals surface area contributed by atoms with Gasteiger partial charge in [-0.05, 0) is 25.5 Å². The molecular weight excluding hydrogens is 258 g/mol. The van der Waals surface area contributed by atoms with E-state index in [-0.39, 0.29) is 6.10 Å². The Kier molecular flexibility index (Phi) is 9.12. The SMILES string of the molecule is CCCCOCC(O)CNCC1(SC)CCCCC1. The Morgan fingerprint density at radius 2 is 2.05 bits per heavy atom. The van der Waals surface area contributed by atoms with Crippen molar-refractivity contribution in [2.24, 2.45) is 0 Å². The first-order chi connectivity index (χ1) is 9.22.